The highest BCUT2D eigenvalue weighted by Crippen LogP contribution is 2.19. The molecule has 1 N–H and O–H groups in total. The number of hydrogen-bond donors (Lipinski definition) is 1. The topological polar surface area (TPSA) is 40.5 Å². The third kappa shape index (κ3) is 1.96. The van der Waals surface area contributed by atoms with Crippen LogP contribution in [0.1, 0.15) is 28.8 Å². The highest BCUT2D eigenvalue weighted by molar-refractivity contribution is 5.95. The SMILES string of the molecule is Cc1cc(O)ccc1C(=O)N1CCCC1. The lowest BCUT2D eigenvalue weighted by Crippen LogP contribution is -2.28. The number of carbonyl (C=O) groups excluding carboxylic acids is 1. The van der Waals surface area contributed by atoms with E-state index >= 15 is 0 Å². The first kappa shape index (κ1) is 10.0. The van der Waals surface area contributed by atoms with Crippen molar-refractivity contribution in [3.05, 3.63) is 29.3 Å². The average molecular weight is 205 g/mol. The van der Waals surface area contributed by atoms with Gasteiger partial charge in [-0.15, -0.1) is 0 Å². The van der Waals surface area contributed by atoms with Crippen molar-refractivity contribution in [2.24, 2.45) is 0 Å². The first-order chi connectivity index (χ1) is 7.18. The van der Waals surface area contributed by atoms with E-state index in [1.54, 1.807) is 18.2 Å². The molecule has 1 aliphatic heterocycles. The second-order valence-electron chi connectivity index (χ2n) is 4.00. The van der Waals surface area contributed by atoms with Gasteiger partial charge >= 0.3 is 0 Å². The second kappa shape index (κ2) is 3.93. The summed E-state index contributed by atoms with van der Waals surface area (Å²) in [5.74, 6) is 0.301. The molecule has 3 nitrogen and oxygen atoms in total. The lowest BCUT2D eigenvalue weighted by molar-refractivity contribution is 0.0792. The molecule has 0 spiro atoms. The van der Waals surface area contributed by atoms with Crippen molar-refractivity contribution in [1.29, 1.82) is 0 Å². The number of likely N-dealkylation sites (tertiary alicyclic amines) is 1. The van der Waals surface area contributed by atoms with Crippen LogP contribution in [-0.4, -0.2) is 29.0 Å². The van der Waals surface area contributed by atoms with Crippen molar-refractivity contribution in [3.63, 3.8) is 0 Å². The zero-order valence-electron chi connectivity index (χ0n) is 8.86. The zero-order chi connectivity index (χ0) is 10.8. The van der Waals surface area contributed by atoms with Gasteiger partial charge in [-0.1, -0.05) is 0 Å². The maximum Gasteiger partial charge on any atom is 0.254 e. The molecule has 0 radical (unpaired) electrons. The fraction of sp³-hybridized carbons (Fsp3) is 0.417. The van der Waals surface area contributed by atoms with Gasteiger partial charge < -0.3 is 10.0 Å². The van der Waals surface area contributed by atoms with Gasteiger partial charge in [0.25, 0.3) is 5.91 Å². The molecule has 3 heteroatoms. The molecule has 0 aliphatic carbocycles. The molecule has 0 unspecified atom stereocenters. The van der Waals surface area contributed by atoms with Crippen LogP contribution in [0, 0.1) is 6.92 Å². The summed E-state index contributed by atoms with van der Waals surface area (Å²) >= 11 is 0. The predicted molar refractivity (Wildman–Crippen MR) is 58.0 cm³/mol. The van der Waals surface area contributed by atoms with E-state index in [4.69, 9.17) is 0 Å². The fourth-order valence-electron chi connectivity index (χ4n) is 1.98. The van der Waals surface area contributed by atoms with E-state index in [0.29, 0.717) is 5.56 Å². The molecular formula is C12H15NO2. The highest BCUT2D eigenvalue weighted by atomic mass is 16.3. The third-order valence-corrected chi connectivity index (χ3v) is 2.83. The lowest BCUT2D eigenvalue weighted by atomic mass is 10.1. The van der Waals surface area contributed by atoms with Crippen LogP contribution >= 0.6 is 0 Å². The molecule has 0 bridgehead atoms. The molecule has 1 amide bonds. The van der Waals surface area contributed by atoms with Crippen molar-refractivity contribution in [3.8, 4) is 5.75 Å². The first-order valence-corrected chi connectivity index (χ1v) is 5.27. The van der Waals surface area contributed by atoms with Gasteiger partial charge in [-0.25, -0.2) is 0 Å². The van der Waals surface area contributed by atoms with Crippen LogP contribution in [0.2, 0.25) is 0 Å². The minimum Gasteiger partial charge on any atom is -0.508 e. The Morgan fingerprint density at radius 3 is 2.60 bits per heavy atom. The number of carbonyl (C=O) groups is 1. The van der Waals surface area contributed by atoms with Crippen molar-refractivity contribution in [1.82, 2.24) is 4.90 Å². The summed E-state index contributed by atoms with van der Waals surface area (Å²) in [7, 11) is 0. The van der Waals surface area contributed by atoms with Crippen LogP contribution in [0.15, 0.2) is 18.2 Å². The Bertz CT molecular complexity index is 381. The number of benzene rings is 1. The maximum absolute atomic E-state index is 12.0. The Morgan fingerprint density at radius 2 is 2.00 bits per heavy atom. The van der Waals surface area contributed by atoms with Crippen molar-refractivity contribution < 1.29 is 9.90 Å². The van der Waals surface area contributed by atoms with Crippen LogP contribution in [0.3, 0.4) is 0 Å². The molecule has 1 aromatic rings. The van der Waals surface area contributed by atoms with Crippen molar-refractivity contribution in [2.75, 3.05) is 13.1 Å². The Hall–Kier alpha value is -1.51. The van der Waals surface area contributed by atoms with E-state index in [1.807, 2.05) is 11.8 Å². The summed E-state index contributed by atoms with van der Waals surface area (Å²) in [4.78, 5) is 13.9. The molecule has 0 saturated carbocycles. The van der Waals surface area contributed by atoms with E-state index in [2.05, 4.69) is 0 Å². The number of phenols is 1. The number of rotatable bonds is 1. The van der Waals surface area contributed by atoms with E-state index in [-0.39, 0.29) is 11.7 Å². The Labute approximate surface area is 89.3 Å². The number of amides is 1. The van der Waals surface area contributed by atoms with E-state index in [1.165, 1.54) is 0 Å². The molecule has 80 valence electrons. The third-order valence-electron chi connectivity index (χ3n) is 2.83. The molecule has 1 heterocycles. The van der Waals surface area contributed by atoms with E-state index in [0.717, 1.165) is 31.5 Å². The quantitative estimate of drug-likeness (QED) is 0.761. The van der Waals surface area contributed by atoms with E-state index in [9.17, 15) is 9.90 Å². The molecule has 1 aliphatic rings. The van der Waals surface area contributed by atoms with Gasteiger partial charge in [0, 0.05) is 18.7 Å². The minimum atomic E-state index is 0.0880. The second-order valence-corrected chi connectivity index (χ2v) is 4.00. The van der Waals surface area contributed by atoms with Crippen molar-refractivity contribution >= 4 is 5.91 Å². The summed E-state index contributed by atoms with van der Waals surface area (Å²) < 4.78 is 0. The van der Waals surface area contributed by atoms with Gasteiger partial charge in [-0.3, -0.25) is 4.79 Å². The van der Waals surface area contributed by atoms with Crippen LogP contribution in [0.4, 0.5) is 0 Å². The molecule has 15 heavy (non-hydrogen) atoms. The normalized spacial score (nSPS) is 15.7. The van der Waals surface area contributed by atoms with Crippen LogP contribution in [0.5, 0.6) is 5.75 Å². The lowest BCUT2D eigenvalue weighted by Gasteiger charge is -2.16. The van der Waals surface area contributed by atoms with Gasteiger partial charge in [0.1, 0.15) is 5.75 Å². The summed E-state index contributed by atoms with van der Waals surface area (Å²) in [6.07, 6.45) is 2.20. The highest BCUT2D eigenvalue weighted by Gasteiger charge is 2.20. The van der Waals surface area contributed by atoms with Crippen LogP contribution < -0.4 is 0 Å². The molecule has 1 fully saturated rings. The summed E-state index contributed by atoms with van der Waals surface area (Å²) in [6, 6.07) is 4.89. The summed E-state index contributed by atoms with van der Waals surface area (Å²) in [5.41, 5.74) is 1.54. The molecule has 1 aromatic carbocycles. The molecule has 0 atom stereocenters. The number of phenolic OH excluding ortho intramolecular Hbond substituents is 1. The van der Waals surface area contributed by atoms with Gasteiger partial charge in [0.05, 0.1) is 0 Å². The number of aromatic hydroxyl groups is 1. The minimum absolute atomic E-state index is 0.0880. The molecule has 1 saturated heterocycles. The number of nitrogens with zero attached hydrogens (tertiary/aromatic N) is 1. The van der Waals surface area contributed by atoms with Gasteiger partial charge in [0.15, 0.2) is 0 Å². The Morgan fingerprint density at radius 1 is 1.33 bits per heavy atom. The van der Waals surface area contributed by atoms with E-state index < -0.39 is 0 Å². The molecular weight excluding hydrogens is 190 g/mol. The van der Waals surface area contributed by atoms with Gasteiger partial charge in [-0.2, -0.15) is 0 Å². The maximum atomic E-state index is 12.0. The monoisotopic (exact) mass is 205 g/mol. The summed E-state index contributed by atoms with van der Waals surface area (Å²) in [5, 5.41) is 9.26. The molecule has 0 aromatic heterocycles. The smallest absolute Gasteiger partial charge is 0.254 e. The Balaban J connectivity index is 2.24. The average Bonchev–Trinajstić information content (AvgIpc) is 2.69. The summed E-state index contributed by atoms with van der Waals surface area (Å²) in [6.45, 7) is 3.57. The van der Waals surface area contributed by atoms with Gasteiger partial charge in [-0.05, 0) is 43.5 Å². The molecule has 2 rings (SSSR count). The zero-order valence-corrected chi connectivity index (χ0v) is 8.86. The van der Waals surface area contributed by atoms with Crippen LogP contribution in [-0.2, 0) is 0 Å². The number of aryl methyl sites for hydroxylation is 1. The first-order valence-electron chi connectivity index (χ1n) is 5.27. The fourth-order valence-corrected chi connectivity index (χ4v) is 1.98. The largest absolute Gasteiger partial charge is 0.508 e. The van der Waals surface area contributed by atoms with Gasteiger partial charge in [0.2, 0.25) is 0 Å². The standard InChI is InChI=1S/C12H15NO2/c1-9-8-10(14)4-5-11(9)12(15)13-6-2-3-7-13/h4-5,8,14H,2-3,6-7H2,1H3. The number of hydrogen-bond acceptors (Lipinski definition) is 2. The predicted octanol–water partition coefficient (Wildman–Crippen LogP) is 1.94. The van der Waals surface area contributed by atoms with Crippen molar-refractivity contribution in [2.45, 2.75) is 19.8 Å². The van der Waals surface area contributed by atoms with Crippen LogP contribution in [0.25, 0.3) is 0 Å². The Kier molecular flexibility index (Phi) is 2.62.